The van der Waals surface area contributed by atoms with Gasteiger partial charge in [-0.05, 0) is 48.5 Å². The lowest BCUT2D eigenvalue weighted by atomic mass is 10.2. The van der Waals surface area contributed by atoms with E-state index in [2.05, 4.69) is 15.6 Å². The zero-order valence-electron chi connectivity index (χ0n) is 14.6. The lowest BCUT2D eigenvalue weighted by molar-refractivity contribution is 0.102. The Bertz CT molecular complexity index is 956. The summed E-state index contributed by atoms with van der Waals surface area (Å²) in [5.74, 6) is 1.76. The Balaban J connectivity index is 1.41. The number of hydrogen-bond acceptors (Lipinski definition) is 6. The number of rotatable bonds is 5. The van der Waals surface area contributed by atoms with Gasteiger partial charge in [-0.3, -0.25) is 4.79 Å². The summed E-state index contributed by atoms with van der Waals surface area (Å²) in [7, 11) is 1.62. The van der Waals surface area contributed by atoms with E-state index in [1.807, 2.05) is 24.3 Å². The van der Waals surface area contributed by atoms with Crippen molar-refractivity contribution >= 4 is 23.0 Å². The number of methoxy groups -OCH3 is 1. The van der Waals surface area contributed by atoms with Crippen LogP contribution in [-0.2, 0) is 0 Å². The zero-order valence-corrected chi connectivity index (χ0v) is 14.6. The van der Waals surface area contributed by atoms with Crippen molar-refractivity contribution in [3.63, 3.8) is 0 Å². The average Bonchev–Trinajstić information content (AvgIpc) is 3.17. The molecule has 0 bridgehead atoms. The summed E-state index contributed by atoms with van der Waals surface area (Å²) in [5.41, 5.74) is 2.61. The van der Waals surface area contributed by atoms with Crippen molar-refractivity contribution in [1.82, 2.24) is 4.98 Å². The van der Waals surface area contributed by atoms with E-state index in [-0.39, 0.29) is 12.7 Å². The molecule has 0 saturated heterocycles. The van der Waals surface area contributed by atoms with Crippen molar-refractivity contribution in [1.29, 1.82) is 0 Å². The van der Waals surface area contributed by atoms with Crippen LogP contribution in [0.25, 0.3) is 0 Å². The highest BCUT2D eigenvalue weighted by molar-refractivity contribution is 6.03. The van der Waals surface area contributed by atoms with Crippen molar-refractivity contribution in [2.24, 2.45) is 0 Å². The minimum absolute atomic E-state index is 0.191. The lowest BCUT2D eigenvalue weighted by Gasteiger charge is -2.09. The summed E-state index contributed by atoms with van der Waals surface area (Å²) in [6.07, 6.45) is 1.61. The van der Waals surface area contributed by atoms with Crippen LogP contribution in [0.15, 0.2) is 60.8 Å². The number of carbonyl (C=O) groups is 1. The fourth-order valence-electron chi connectivity index (χ4n) is 2.61. The van der Waals surface area contributed by atoms with Gasteiger partial charge in [0.05, 0.1) is 19.0 Å². The number of anilines is 3. The molecule has 7 heteroatoms. The molecule has 27 heavy (non-hydrogen) atoms. The summed E-state index contributed by atoms with van der Waals surface area (Å²) in [5, 5.41) is 6.02. The van der Waals surface area contributed by atoms with Crippen molar-refractivity contribution in [2.45, 2.75) is 0 Å². The SMILES string of the molecule is COc1ccc(Nc2ccc(C(=O)Nc3ccc4c(c3)OCO4)nc2)cc1. The normalized spacial score (nSPS) is 11.7. The molecule has 0 radical (unpaired) electrons. The van der Waals surface area contributed by atoms with Gasteiger partial charge in [0.15, 0.2) is 11.5 Å². The van der Waals surface area contributed by atoms with Gasteiger partial charge in [0.2, 0.25) is 6.79 Å². The molecule has 1 aliphatic rings. The van der Waals surface area contributed by atoms with Gasteiger partial charge in [-0.2, -0.15) is 0 Å². The maximum Gasteiger partial charge on any atom is 0.274 e. The van der Waals surface area contributed by atoms with Crippen LogP contribution in [0.5, 0.6) is 17.2 Å². The smallest absolute Gasteiger partial charge is 0.274 e. The Kier molecular flexibility index (Phi) is 4.49. The molecule has 1 amide bonds. The number of pyridine rings is 1. The molecule has 0 spiro atoms. The van der Waals surface area contributed by atoms with Gasteiger partial charge in [0, 0.05) is 17.4 Å². The minimum Gasteiger partial charge on any atom is -0.497 e. The highest BCUT2D eigenvalue weighted by Crippen LogP contribution is 2.34. The second kappa shape index (κ2) is 7.25. The summed E-state index contributed by atoms with van der Waals surface area (Å²) in [6.45, 7) is 0.191. The first kappa shape index (κ1) is 16.7. The number of ether oxygens (including phenoxy) is 3. The molecule has 0 saturated carbocycles. The number of nitrogens with zero attached hydrogens (tertiary/aromatic N) is 1. The standard InChI is InChI=1S/C20H17N3O4/c1-25-16-6-2-13(3-7-16)22-15-4-8-17(21-11-15)20(24)23-14-5-9-18-19(10-14)27-12-26-18/h2-11,22H,12H2,1H3,(H,23,24). The van der Waals surface area contributed by atoms with Crippen LogP contribution in [-0.4, -0.2) is 24.8 Å². The van der Waals surface area contributed by atoms with Crippen LogP contribution in [0.1, 0.15) is 10.5 Å². The van der Waals surface area contributed by atoms with E-state index in [9.17, 15) is 4.79 Å². The Morgan fingerprint density at radius 1 is 0.963 bits per heavy atom. The van der Waals surface area contributed by atoms with Crippen molar-refractivity contribution in [3.05, 3.63) is 66.5 Å². The first-order valence-electron chi connectivity index (χ1n) is 8.29. The van der Waals surface area contributed by atoms with Crippen LogP contribution >= 0.6 is 0 Å². The van der Waals surface area contributed by atoms with Crippen LogP contribution in [0.4, 0.5) is 17.1 Å². The van der Waals surface area contributed by atoms with Crippen molar-refractivity contribution < 1.29 is 19.0 Å². The van der Waals surface area contributed by atoms with Crippen molar-refractivity contribution in [3.8, 4) is 17.2 Å². The Morgan fingerprint density at radius 2 is 1.70 bits per heavy atom. The number of aromatic nitrogens is 1. The molecule has 1 aromatic heterocycles. The highest BCUT2D eigenvalue weighted by atomic mass is 16.7. The first-order chi connectivity index (χ1) is 13.2. The Hall–Kier alpha value is -3.74. The molecule has 0 unspecified atom stereocenters. The molecule has 0 fully saturated rings. The van der Waals surface area contributed by atoms with Crippen LogP contribution in [0.3, 0.4) is 0 Å². The number of nitrogens with one attached hydrogen (secondary N) is 2. The number of fused-ring (bicyclic) bond motifs is 1. The van der Waals surface area contributed by atoms with Gasteiger partial charge < -0.3 is 24.8 Å². The molecular formula is C20H17N3O4. The topological polar surface area (TPSA) is 81.7 Å². The third-order valence-electron chi connectivity index (χ3n) is 4.01. The van der Waals surface area contributed by atoms with E-state index in [0.29, 0.717) is 22.9 Å². The second-order valence-corrected chi connectivity index (χ2v) is 5.81. The molecule has 7 nitrogen and oxygen atoms in total. The van der Waals surface area contributed by atoms with Crippen LogP contribution in [0, 0.1) is 0 Å². The number of amides is 1. The predicted octanol–water partition coefficient (Wildman–Crippen LogP) is 3.81. The number of carbonyl (C=O) groups excluding carboxylic acids is 1. The Morgan fingerprint density at radius 3 is 2.44 bits per heavy atom. The lowest BCUT2D eigenvalue weighted by Crippen LogP contribution is -2.13. The maximum atomic E-state index is 12.4. The molecule has 0 aliphatic carbocycles. The highest BCUT2D eigenvalue weighted by Gasteiger charge is 2.15. The van der Waals surface area contributed by atoms with Gasteiger partial charge >= 0.3 is 0 Å². The zero-order chi connectivity index (χ0) is 18.6. The molecule has 4 rings (SSSR count). The van der Waals surface area contributed by atoms with E-state index >= 15 is 0 Å². The Labute approximate surface area is 155 Å². The number of benzene rings is 2. The van der Waals surface area contributed by atoms with Gasteiger partial charge in [-0.15, -0.1) is 0 Å². The molecule has 136 valence electrons. The van der Waals surface area contributed by atoms with Gasteiger partial charge in [0.25, 0.3) is 5.91 Å². The molecule has 1 aliphatic heterocycles. The number of hydrogen-bond donors (Lipinski definition) is 2. The maximum absolute atomic E-state index is 12.4. The molecular weight excluding hydrogens is 346 g/mol. The predicted molar refractivity (Wildman–Crippen MR) is 101 cm³/mol. The van der Waals surface area contributed by atoms with Gasteiger partial charge in [-0.1, -0.05) is 0 Å². The minimum atomic E-state index is -0.301. The second-order valence-electron chi connectivity index (χ2n) is 5.81. The van der Waals surface area contributed by atoms with Crippen LogP contribution in [0.2, 0.25) is 0 Å². The monoisotopic (exact) mass is 363 g/mol. The largest absolute Gasteiger partial charge is 0.497 e. The third kappa shape index (κ3) is 3.77. The van der Waals surface area contributed by atoms with Crippen molar-refractivity contribution in [2.75, 3.05) is 24.5 Å². The van der Waals surface area contributed by atoms with E-state index < -0.39 is 0 Å². The molecule has 2 aromatic carbocycles. The van der Waals surface area contributed by atoms with Gasteiger partial charge in [0.1, 0.15) is 11.4 Å². The third-order valence-corrected chi connectivity index (χ3v) is 4.01. The van der Waals surface area contributed by atoms with E-state index in [1.54, 1.807) is 43.6 Å². The average molecular weight is 363 g/mol. The molecule has 2 heterocycles. The molecule has 0 atom stereocenters. The van der Waals surface area contributed by atoms with Gasteiger partial charge in [-0.25, -0.2) is 4.98 Å². The molecule has 2 N–H and O–H groups in total. The molecule has 3 aromatic rings. The fraction of sp³-hybridized carbons (Fsp3) is 0.100. The quantitative estimate of drug-likeness (QED) is 0.717. The summed E-state index contributed by atoms with van der Waals surface area (Å²) in [6, 6.07) is 16.2. The summed E-state index contributed by atoms with van der Waals surface area (Å²) >= 11 is 0. The fourth-order valence-corrected chi connectivity index (χ4v) is 2.61. The van der Waals surface area contributed by atoms with E-state index in [1.165, 1.54) is 0 Å². The first-order valence-corrected chi connectivity index (χ1v) is 8.29. The van der Waals surface area contributed by atoms with Crippen LogP contribution < -0.4 is 24.8 Å². The summed E-state index contributed by atoms with van der Waals surface area (Å²) < 4.78 is 15.7. The van der Waals surface area contributed by atoms with E-state index in [4.69, 9.17) is 14.2 Å². The summed E-state index contributed by atoms with van der Waals surface area (Å²) in [4.78, 5) is 16.6. The van der Waals surface area contributed by atoms with E-state index in [0.717, 1.165) is 17.1 Å².